The van der Waals surface area contributed by atoms with E-state index in [0.717, 1.165) is 30.9 Å². The van der Waals surface area contributed by atoms with E-state index < -0.39 is 11.4 Å². The standard InChI is InChI=1S/C20H31N3O4/c1-4-22(5-2)12-13-27-17-8-6-16(7-9-17)14-21-19(26)23-11-10-20(3,15-23)18(24)25/h6-9H,4-5,10-15H2,1-3H3,(H,21,26)(H,24,25). The van der Waals surface area contributed by atoms with E-state index in [2.05, 4.69) is 24.1 Å². The number of amides is 2. The van der Waals surface area contributed by atoms with Crippen LogP contribution in [0.3, 0.4) is 0 Å². The number of carbonyl (C=O) groups excluding carboxylic acids is 1. The number of carboxylic acids is 1. The third kappa shape index (κ3) is 5.85. The van der Waals surface area contributed by atoms with E-state index in [-0.39, 0.29) is 12.6 Å². The third-order valence-corrected chi connectivity index (χ3v) is 5.21. The van der Waals surface area contributed by atoms with E-state index in [0.29, 0.717) is 26.1 Å². The number of likely N-dealkylation sites (N-methyl/N-ethyl adjacent to an activating group) is 1. The van der Waals surface area contributed by atoms with Gasteiger partial charge in [-0.3, -0.25) is 4.79 Å². The van der Waals surface area contributed by atoms with Crippen LogP contribution in [0, 0.1) is 5.41 Å². The average Bonchev–Trinajstić information content (AvgIpc) is 3.08. The van der Waals surface area contributed by atoms with Gasteiger partial charge in [0.1, 0.15) is 12.4 Å². The smallest absolute Gasteiger partial charge is 0.317 e. The molecule has 1 unspecified atom stereocenters. The highest BCUT2D eigenvalue weighted by Gasteiger charge is 2.42. The van der Waals surface area contributed by atoms with Crippen molar-refractivity contribution in [2.24, 2.45) is 5.41 Å². The number of benzene rings is 1. The molecule has 2 amide bonds. The molecule has 1 aliphatic heterocycles. The number of rotatable bonds is 9. The summed E-state index contributed by atoms with van der Waals surface area (Å²) >= 11 is 0. The molecule has 0 spiro atoms. The zero-order chi connectivity index (χ0) is 19.9. The Labute approximate surface area is 161 Å². The molecule has 1 atom stereocenters. The van der Waals surface area contributed by atoms with E-state index in [9.17, 15) is 14.7 Å². The molecule has 7 heteroatoms. The van der Waals surface area contributed by atoms with Gasteiger partial charge in [0.25, 0.3) is 0 Å². The second-order valence-electron chi connectivity index (χ2n) is 7.22. The van der Waals surface area contributed by atoms with Crippen molar-refractivity contribution in [3.05, 3.63) is 29.8 Å². The van der Waals surface area contributed by atoms with E-state index in [1.54, 1.807) is 11.8 Å². The van der Waals surface area contributed by atoms with Gasteiger partial charge in [0.05, 0.1) is 5.41 Å². The Morgan fingerprint density at radius 2 is 1.93 bits per heavy atom. The van der Waals surface area contributed by atoms with Crippen LogP contribution >= 0.6 is 0 Å². The van der Waals surface area contributed by atoms with Gasteiger partial charge in [0, 0.05) is 26.2 Å². The average molecular weight is 377 g/mol. The summed E-state index contributed by atoms with van der Waals surface area (Å²) < 4.78 is 5.75. The van der Waals surface area contributed by atoms with Crippen molar-refractivity contribution in [3.8, 4) is 5.75 Å². The second kappa shape index (κ2) is 9.60. The van der Waals surface area contributed by atoms with Crippen molar-refractivity contribution in [1.29, 1.82) is 0 Å². The third-order valence-electron chi connectivity index (χ3n) is 5.21. The number of likely N-dealkylation sites (tertiary alicyclic amines) is 1. The second-order valence-corrected chi connectivity index (χ2v) is 7.22. The molecule has 1 saturated heterocycles. The molecule has 1 aromatic rings. The molecule has 0 aliphatic carbocycles. The number of carbonyl (C=O) groups is 2. The molecule has 1 aliphatic rings. The van der Waals surface area contributed by atoms with E-state index >= 15 is 0 Å². The molecule has 1 aromatic carbocycles. The minimum Gasteiger partial charge on any atom is -0.492 e. The van der Waals surface area contributed by atoms with Crippen molar-refractivity contribution in [2.45, 2.75) is 33.7 Å². The van der Waals surface area contributed by atoms with Crippen LogP contribution in [-0.4, -0.2) is 66.2 Å². The van der Waals surface area contributed by atoms with Crippen LogP contribution in [0.5, 0.6) is 5.75 Å². The monoisotopic (exact) mass is 377 g/mol. The summed E-state index contributed by atoms with van der Waals surface area (Å²) in [6, 6.07) is 7.44. The van der Waals surface area contributed by atoms with Crippen LogP contribution in [0.1, 0.15) is 32.8 Å². The highest BCUT2D eigenvalue weighted by atomic mass is 16.5. The fourth-order valence-corrected chi connectivity index (χ4v) is 3.13. The first-order valence-corrected chi connectivity index (χ1v) is 9.58. The minimum absolute atomic E-state index is 0.223. The van der Waals surface area contributed by atoms with E-state index in [4.69, 9.17) is 4.74 Å². The normalized spacial score (nSPS) is 19.3. The number of nitrogens with zero attached hydrogens (tertiary/aromatic N) is 2. The number of hydrogen-bond acceptors (Lipinski definition) is 4. The Morgan fingerprint density at radius 3 is 2.48 bits per heavy atom. The first-order valence-electron chi connectivity index (χ1n) is 9.58. The van der Waals surface area contributed by atoms with Crippen molar-refractivity contribution in [2.75, 3.05) is 39.3 Å². The number of hydrogen-bond donors (Lipinski definition) is 2. The number of urea groups is 1. The molecule has 2 rings (SSSR count). The maximum Gasteiger partial charge on any atom is 0.317 e. The van der Waals surface area contributed by atoms with Crippen LogP contribution in [0.4, 0.5) is 4.79 Å². The molecule has 27 heavy (non-hydrogen) atoms. The van der Waals surface area contributed by atoms with Gasteiger partial charge in [-0.15, -0.1) is 0 Å². The van der Waals surface area contributed by atoms with Crippen molar-refractivity contribution >= 4 is 12.0 Å². The Kier molecular flexibility index (Phi) is 7.47. The number of aliphatic carboxylic acids is 1. The lowest BCUT2D eigenvalue weighted by atomic mass is 9.90. The molecule has 150 valence electrons. The van der Waals surface area contributed by atoms with Gasteiger partial charge in [0.15, 0.2) is 0 Å². The molecule has 1 fully saturated rings. The summed E-state index contributed by atoms with van der Waals surface area (Å²) in [4.78, 5) is 27.4. The predicted octanol–water partition coefficient (Wildman–Crippen LogP) is 2.41. The molecule has 2 N–H and O–H groups in total. The lowest BCUT2D eigenvalue weighted by Gasteiger charge is -2.20. The summed E-state index contributed by atoms with van der Waals surface area (Å²) in [7, 11) is 0. The van der Waals surface area contributed by atoms with Gasteiger partial charge >= 0.3 is 12.0 Å². The Hall–Kier alpha value is -2.28. The highest BCUT2D eigenvalue weighted by molar-refractivity contribution is 5.79. The fourth-order valence-electron chi connectivity index (χ4n) is 3.13. The van der Waals surface area contributed by atoms with E-state index in [1.807, 2.05) is 24.3 Å². The topological polar surface area (TPSA) is 82.1 Å². The van der Waals surface area contributed by atoms with E-state index in [1.165, 1.54) is 0 Å². The molecule has 0 aromatic heterocycles. The van der Waals surface area contributed by atoms with Crippen LogP contribution < -0.4 is 10.1 Å². The first kappa shape index (κ1) is 21.0. The van der Waals surface area contributed by atoms with Gasteiger partial charge in [-0.05, 0) is 44.1 Å². The molecule has 0 radical (unpaired) electrons. The van der Waals surface area contributed by atoms with Gasteiger partial charge in [-0.2, -0.15) is 0 Å². The first-order chi connectivity index (χ1) is 12.9. The quantitative estimate of drug-likeness (QED) is 0.691. The van der Waals surface area contributed by atoms with Gasteiger partial charge in [-0.1, -0.05) is 26.0 Å². The molecular weight excluding hydrogens is 346 g/mol. The van der Waals surface area contributed by atoms with Gasteiger partial charge < -0.3 is 25.0 Å². The summed E-state index contributed by atoms with van der Waals surface area (Å²) in [5, 5.41) is 12.1. The number of ether oxygens (including phenoxy) is 1. The summed E-state index contributed by atoms with van der Waals surface area (Å²) in [5.74, 6) is -0.0385. The molecule has 1 heterocycles. The molecule has 0 bridgehead atoms. The maximum absolute atomic E-state index is 12.3. The van der Waals surface area contributed by atoms with Crippen LogP contribution in [0.25, 0.3) is 0 Å². The predicted molar refractivity (Wildman–Crippen MR) is 104 cm³/mol. The largest absolute Gasteiger partial charge is 0.492 e. The van der Waals surface area contributed by atoms with Crippen LogP contribution in [0.15, 0.2) is 24.3 Å². The lowest BCUT2D eigenvalue weighted by Crippen LogP contribution is -2.40. The number of nitrogens with one attached hydrogen (secondary N) is 1. The minimum atomic E-state index is -0.852. The summed E-state index contributed by atoms with van der Waals surface area (Å²) in [5.41, 5.74) is 0.126. The van der Waals surface area contributed by atoms with Gasteiger partial charge in [0.2, 0.25) is 0 Å². The highest BCUT2D eigenvalue weighted by Crippen LogP contribution is 2.30. The summed E-state index contributed by atoms with van der Waals surface area (Å²) in [6.45, 7) is 10.6. The number of carboxylic acid groups (broad SMARTS) is 1. The summed E-state index contributed by atoms with van der Waals surface area (Å²) in [6.07, 6.45) is 0.481. The van der Waals surface area contributed by atoms with Crippen molar-refractivity contribution < 1.29 is 19.4 Å². The maximum atomic E-state index is 12.3. The van der Waals surface area contributed by atoms with Crippen LogP contribution in [0.2, 0.25) is 0 Å². The zero-order valence-electron chi connectivity index (χ0n) is 16.5. The van der Waals surface area contributed by atoms with Crippen molar-refractivity contribution in [3.63, 3.8) is 0 Å². The lowest BCUT2D eigenvalue weighted by molar-refractivity contribution is -0.147. The Bertz CT molecular complexity index is 631. The molecule has 7 nitrogen and oxygen atoms in total. The van der Waals surface area contributed by atoms with Crippen molar-refractivity contribution in [1.82, 2.24) is 15.1 Å². The molecular formula is C20H31N3O4. The Balaban J connectivity index is 1.75. The zero-order valence-corrected chi connectivity index (χ0v) is 16.5. The van der Waals surface area contributed by atoms with Crippen LogP contribution in [-0.2, 0) is 11.3 Å². The molecule has 0 saturated carbocycles. The fraction of sp³-hybridized carbons (Fsp3) is 0.600. The van der Waals surface area contributed by atoms with Gasteiger partial charge in [-0.25, -0.2) is 4.79 Å². The SMILES string of the molecule is CCN(CC)CCOc1ccc(CNC(=O)N2CCC(C)(C(=O)O)C2)cc1. The Morgan fingerprint density at radius 1 is 1.26 bits per heavy atom.